The maximum atomic E-state index is 12.7. The van der Waals surface area contributed by atoms with Gasteiger partial charge < -0.3 is 10.0 Å². The largest absolute Gasteiger partial charge is 0.416 e. The van der Waals surface area contributed by atoms with Gasteiger partial charge in [0.1, 0.15) is 0 Å². The zero-order valence-corrected chi connectivity index (χ0v) is 14.9. The minimum Gasteiger partial charge on any atom is -0.378 e. The summed E-state index contributed by atoms with van der Waals surface area (Å²) in [4.78, 5) is 14.2. The maximum absolute atomic E-state index is 12.7. The molecule has 1 heterocycles. The van der Waals surface area contributed by atoms with Crippen molar-refractivity contribution in [2.24, 2.45) is 13.0 Å². The van der Waals surface area contributed by atoms with Gasteiger partial charge in [0.15, 0.2) is 6.10 Å². The Balaban J connectivity index is 2.17. The number of carbonyl (C=O) groups is 1. The van der Waals surface area contributed by atoms with Gasteiger partial charge in [0.05, 0.1) is 11.8 Å². The van der Waals surface area contributed by atoms with E-state index in [2.05, 4.69) is 5.10 Å². The molecule has 8 heteroatoms. The molecule has 2 rings (SSSR count). The molecule has 1 aromatic carbocycles. The SMILES string of the molecule is CC(C)CN(Cc1cnn(C)c1)C(=O)[C@H](O)c1ccc(C(F)(F)F)cc1. The average molecular weight is 369 g/mol. The molecule has 1 aromatic heterocycles. The first-order valence-electron chi connectivity index (χ1n) is 8.19. The first-order chi connectivity index (χ1) is 12.1. The molecule has 0 unspecified atom stereocenters. The molecule has 2 aromatic rings. The number of benzene rings is 1. The normalized spacial score (nSPS) is 13.1. The topological polar surface area (TPSA) is 58.4 Å². The van der Waals surface area contributed by atoms with Crippen molar-refractivity contribution in [1.82, 2.24) is 14.7 Å². The third kappa shape index (κ3) is 5.08. The molecular weight excluding hydrogens is 347 g/mol. The van der Waals surface area contributed by atoms with Crippen molar-refractivity contribution in [3.63, 3.8) is 0 Å². The number of halogens is 3. The van der Waals surface area contributed by atoms with E-state index in [1.807, 2.05) is 13.8 Å². The van der Waals surface area contributed by atoms with Crippen molar-refractivity contribution in [2.75, 3.05) is 6.54 Å². The van der Waals surface area contributed by atoms with Crippen LogP contribution in [0.5, 0.6) is 0 Å². The average Bonchev–Trinajstić information content (AvgIpc) is 2.97. The third-order valence-electron chi connectivity index (χ3n) is 3.82. The number of alkyl halides is 3. The van der Waals surface area contributed by atoms with Gasteiger partial charge in [-0.15, -0.1) is 0 Å². The fourth-order valence-electron chi connectivity index (χ4n) is 2.62. The molecule has 0 aliphatic carbocycles. The third-order valence-corrected chi connectivity index (χ3v) is 3.82. The molecule has 0 radical (unpaired) electrons. The zero-order chi connectivity index (χ0) is 19.5. The lowest BCUT2D eigenvalue weighted by molar-refractivity contribution is -0.141. The zero-order valence-electron chi connectivity index (χ0n) is 14.9. The number of aryl methyl sites for hydroxylation is 1. The first kappa shape index (κ1) is 20.0. The molecule has 0 fully saturated rings. The highest BCUT2D eigenvalue weighted by molar-refractivity contribution is 5.82. The highest BCUT2D eigenvalue weighted by Crippen LogP contribution is 2.30. The van der Waals surface area contributed by atoms with Gasteiger partial charge >= 0.3 is 6.18 Å². The van der Waals surface area contributed by atoms with Crippen LogP contribution in [-0.2, 0) is 24.6 Å². The Kier molecular flexibility index (Phi) is 6.07. The van der Waals surface area contributed by atoms with Gasteiger partial charge in [-0.25, -0.2) is 0 Å². The summed E-state index contributed by atoms with van der Waals surface area (Å²) in [7, 11) is 1.76. The molecule has 0 saturated heterocycles. The number of aliphatic hydroxyl groups excluding tert-OH is 1. The molecule has 1 amide bonds. The summed E-state index contributed by atoms with van der Waals surface area (Å²) < 4.78 is 39.6. The van der Waals surface area contributed by atoms with Gasteiger partial charge in [0.25, 0.3) is 5.91 Å². The lowest BCUT2D eigenvalue weighted by atomic mass is 10.0. The van der Waals surface area contributed by atoms with Crippen LogP contribution in [0.15, 0.2) is 36.7 Å². The van der Waals surface area contributed by atoms with Crippen molar-refractivity contribution in [1.29, 1.82) is 0 Å². The maximum Gasteiger partial charge on any atom is 0.416 e. The summed E-state index contributed by atoms with van der Waals surface area (Å²) in [5.41, 5.74) is 0.111. The lowest BCUT2D eigenvalue weighted by Crippen LogP contribution is -2.37. The van der Waals surface area contributed by atoms with Crippen LogP contribution in [0, 0.1) is 5.92 Å². The van der Waals surface area contributed by atoms with Gasteiger partial charge in [0, 0.05) is 31.9 Å². The molecule has 0 aliphatic heterocycles. The predicted octanol–water partition coefficient (Wildman–Crippen LogP) is 3.16. The van der Waals surface area contributed by atoms with E-state index < -0.39 is 23.8 Å². The first-order valence-corrected chi connectivity index (χ1v) is 8.19. The summed E-state index contributed by atoms with van der Waals surface area (Å²) in [5.74, 6) is -0.391. The van der Waals surface area contributed by atoms with Crippen LogP contribution in [0.3, 0.4) is 0 Å². The minimum absolute atomic E-state index is 0.128. The molecule has 1 N–H and O–H groups in total. The summed E-state index contributed by atoms with van der Waals surface area (Å²) in [5, 5.41) is 14.4. The van der Waals surface area contributed by atoms with Crippen molar-refractivity contribution in [3.8, 4) is 0 Å². The van der Waals surface area contributed by atoms with Gasteiger partial charge in [-0.1, -0.05) is 26.0 Å². The van der Waals surface area contributed by atoms with Crippen LogP contribution in [0.2, 0.25) is 0 Å². The van der Waals surface area contributed by atoms with Gasteiger partial charge in [-0.3, -0.25) is 9.48 Å². The van der Waals surface area contributed by atoms with E-state index in [-0.39, 0.29) is 18.0 Å². The Bertz CT molecular complexity index is 739. The van der Waals surface area contributed by atoms with Crippen LogP contribution in [0.25, 0.3) is 0 Å². The lowest BCUT2D eigenvalue weighted by Gasteiger charge is -2.26. The number of hydrogen-bond donors (Lipinski definition) is 1. The van der Waals surface area contributed by atoms with Crippen molar-refractivity contribution >= 4 is 5.91 Å². The molecule has 0 aliphatic rings. The Morgan fingerprint density at radius 2 is 1.88 bits per heavy atom. The highest BCUT2D eigenvalue weighted by atomic mass is 19.4. The number of nitrogens with zero attached hydrogens (tertiary/aromatic N) is 3. The number of aromatic nitrogens is 2. The summed E-state index contributed by atoms with van der Waals surface area (Å²) in [6.07, 6.45) is -2.58. The Labute approximate surface area is 150 Å². The van der Waals surface area contributed by atoms with E-state index in [1.54, 1.807) is 24.1 Å². The van der Waals surface area contributed by atoms with Gasteiger partial charge in [-0.2, -0.15) is 18.3 Å². The quantitative estimate of drug-likeness (QED) is 0.851. The standard InChI is InChI=1S/C18H22F3N3O2/c1-12(2)9-24(11-13-8-22-23(3)10-13)17(26)16(25)14-4-6-15(7-5-14)18(19,20)21/h4-8,10,12,16,25H,9,11H2,1-3H3/t16-/m1/s1. The van der Waals surface area contributed by atoms with E-state index in [9.17, 15) is 23.1 Å². The number of aliphatic hydroxyl groups is 1. The van der Waals surface area contributed by atoms with Crippen LogP contribution in [-0.4, -0.2) is 32.2 Å². The Hall–Kier alpha value is -2.35. The highest BCUT2D eigenvalue weighted by Gasteiger charge is 2.31. The van der Waals surface area contributed by atoms with E-state index >= 15 is 0 Å². The van der Waals surface area contributed by atoms with Gasteiger partial charge in [0.2, 0.25) is 0 Å². The number of rotatable bonds is 6. The van der Waals surface area contributed by atoms with E-state index in [1.165, 1.54) is 4.90 Å². The second-order valence-corrected chi connectivity index (χ2v) is 6.66. The molecule has 142 valence electrons. The fraction of sp³-hybridized carbons (Fsp3) is 0.444. The second kappa shape index (κ2) is 7.90. The minimum atomic E-state index is -4.46. The predicted molar refractivity (Wildman–Crippen MR) is 89.9 cm³/mol. The van der Waals surface area contributed by atoms with E-state index in [0.717, 1.165) is 29.8 Å². The molecule has 5 nitrogen and oxygen atoms in total. The Morgan fingerprint density at radius 1 is 1.27 bits per heavy atom. The van der Waals surface area contributed by atoms with Crippen molar-refractivity contribution < 1.29 is 23.1 Å². The molecule has 26 heavy (non-hydrogen) atoms. The second-order valence-electron chi connectivity index (χ2n) is 6.66. The molecule has 0 bridgehead atoms. The van der Waals surface area contributed by atoms with E-state index in [0.29, 0.717) is 6.54 Å². The Morgan fingerprint density at radius 3 is 2.35 bits per heavy atom. The van der Waals surface area contributed by atoms with Crippen molar-refractivity contribution in [3.05, 3.63) is 53.3 Å². The number of hydrogen-bond acceptors (Lipinski definition) is 3. The van der Waals surface area contributed by atoms with Crippen LogP contribution in [0.4, 0.5) is 13.2 Å². The van der Waals surface area contributed by atoms with E-state index in [4.69, 9.17) is 0 Å². The summed E-state index contributed by atoms with van der Waals surface area (Å²) in [6, 6.07) is 3.98. The molecule has 0 spiro atoms. The fourth-order valence-corrected chi connectivity index (χ4v) is 2.62. The summed E-state index contributed by atoms with van der Waals surface area (Å²) in [6.45, 7) is 4.55. The monoisotopic (exact) mass is 369 g/mol. The van der Waals surface area contributed by atoms with Crippen LogP contribution >= 0.6 is 0 Å². The van der Waals surface area contributed by atoms with Crippen molar-refractivity contribution in [2.45, 2.75) is 32.7 Å². The smallest absolute Gasteiger partial charge is 0.378 e. The molecular formula is C18H22F3N3O2. The molecule has 0 saturated carbocycles. The summed E-state index contributed by atoms with van der Waals surface area (Å²) >= 11 is 0. The number of carbonyl (C=O) groups excluding carboxylic acids is 1. The molecule has 1 atom stereocenters. The van der Waals surface area contributed by atoms with Gasteiger partial charge in [-0.05, 0) is 23.6 Å². The van der Waals surface area contributed by atoms with Crippen LogP contribution in [0.1, 0.15) is 36.6 Å². The van der Waals surface area contributed by atoms with Crippen LogP contribution < -0.4 is 0 Å². The number of amides is 1.